The molecule has 0 fully saturated rings. The van der Waals surface area contributed by atoms with Crippen molar-refractivity contribution in [3.63, 3.8) is 0 Å². The standard InChI is InChI=1S/C15H10N4O/c1-2-5-11(6-3-1)14-9-12-7-4-8-13(15(12)20-14)19-10-16-17-18-19/h1-10H. The predicted molar refractivity (Wildman–Crippen MR) is 74.4 cm³/mol. The second kappa shape index (κ2) is 4.31. The lowest BCUT2D eigenvalue weighted by molar-refractivity contribution is 0.625. The van der Waals surface area contributed by atoms with Crippen LogP contribution in [0.3, 0.4) is 0 Å². The molecule has 0 unspecified atom stereocenters. The van der Waals surface area contributed by atoms with Crippen LogP contribution in [0.25, 0.3) is 28.0 Å². The molecule has 5 heteroatoms. The minimum absolute atomic E-state index is 0.777. The zero-order chi connectivity index (χ0) is 13.4. The van der Waals surface area contributed by atoms with Crippen LogP contribution in [0.15, 0.2) is 65.3 Å². The Morgan fingerprint density at radius 1 is 0.950 bits per heavy atom. The first-order valence-electron chi connectivity index (χ1n) is 6.23. The number of aromatic nitrogens is 4. The first-order valence-corrected chi connectivity index (χ1v) is 6.23. The van der Waals surface area contributed by atoms with Gasteiger partial charge in [-0.05, 0) is 22.6 Å². The molecular weight excluding hydrogens is 252 g/mol. The van der Waals surface area contributed by atoms with Crippen LogP contribution in [0.1, 0.15) is 0 Å². The summed E-state index contributed by atoms with van der Waals surface area (Å²) in [6.07, 6.45) is 1.56. The molecule has 0 spiro atoms. The summed E-state index contributed by atoms with van der Waals surface area (Å²) in [4.78, 5) is 0. The molecule has 2 aromatic heterocycles. The zero-order valence-electron chi connectivity index (χ0n) is 10.5. The van der Waals surface area contributed by atoms with E-state index in [9.17, 15) is 0 Å². The molecule has 0 saturated heterocycles. The average molecular weight is 262 g/mol. The van der Waals surface area contributed by atoms with Gasteiger partial charge in [-0.25, -0.2) is 0 Å². The molecule has 0 radical (unpaired) electrons. The van der Waals surface area contributed by atoms with Gasteiger partial charge in [-0.2, -0.15) is 4.68 Å². The number of fused-ring (bicyclic) bond motifs is 1. The van der Waals surface area contributed by atoms with E-state index >= 15 is 0 Å². The Morgan fingerprint density at radius 2 is 1.85 bits per heavy atom. The molecule has 0 aliphatic carbocycles. The maximum absolute atomic E-state index is 5.99. The van der Waals surface area contributed by atoms with E-state index in [1.807, 2.05) is 54.6 Å². The van der Waals surface area contributed by atoms with Gasteiger partial charge < -0.3 is 4.42 Å². The van der Waals surface area contributed by atoms with Crippen LogP contribution in [0, 0.1) is 0 Å². The zero-order valence-corrected chi connectivity index (χ0v) is 10.5. The lowest BCUT2D eigenvalue weighted by Gasteiger charge is -1.99. The van der Waals surface area contributed by atoms with E-state index < -0.39 is 0 Å². The first kappa shape index (κ1) is 10.9. The third kappa shape index (κ3) is 1.68. The highest BCUT2D eigenvalue weighted by Crippen LogP contribution is 2.30. The smallest absolute Gasteiger partial charge is 0.160 e. The number of para-hydroxylation sites is 1. The SMILES string of the molecule is c1ccc(-c2cc3cccc(-n4cnnn4)c3o2)cc1. The van der Waals surface area contributed by atoms with Crippen molar-refractivity contribution >= 4 is 11.0 Å². The highest BCUT2D eigenvalue weighted by molar-refractivity contribution is 5.88. The second-order valence-electron chi connectivity index (χ2n) is 4.43. The average Bonchev–Trinajstić information content (AvgIpc) is 3.17. The van der Waals surface area contributed by atoms with Crippen molar-refractivity contribution in [2.75, 3.05) is 0 Å². The normalized spacial score (nSPS) is 11.0. The van der Waals surface area contributed by atoms with Crippen LogP contribution < -0.4 is 0 Å². The van der Waals surface area contributed by atoms with Crippen LogP contribution in [0.5, 0.6) is 0 Å². The van der Waals surface area contributed by atoms with Gasteiger partial charge in [0, 0.05) is 10.9 Å². The number of nitrogens with zero attached hydrogens (tertiary/aromatic N) is 4. The van der Waals surface area contributed by atoms with Gasteiger partial charge in [-0.1, -0.05) is 42.5 Å². The summed E-state index contributed by atoms with van der Waals surface area (Å²) in [6, 6.07) is 17.9. The quantitative estimate of drug-likeness (QED) is 0.557. The third-order valence-corrected chi connectivity index (χ3v) is 3.18. The number of rotatable bonds is 2. The summed E-state index contributed by atoms with van der Waals surface area (Å²) in [6.45, 7) is 0. The predicted octanol–water partition coefficient (Wildman–Crippen LogP) is 3.08. The Morgan fingerprint density at radius 3 is 2.65 bits per heavy atom. The lowest BCUT2D eigenvalue weighted by Crippen LogP contribution is -1.94. The highest BCUT2D eigenvalue weighted by atomic mass is 16.3. The molecule has 5 nitrogen and oxygen atoms in total. The van der Waals surface area contributed by atoms with Crippen LogP contribution in [-0.4, -0.2) is 20.2 Å². The van der Waals surface area contributed by atoms with Crippen molar-refractivity contribution in [2.45, 2.75) is 0 Å². The van der Waals surface area contributed by atoms with Gasteiger partial charge in [-0.3, -0.25) is 0 Å². The van der Waals surface area contributed by atoms with Gasteiger partial charge >= 0.3 is 0 Å². The Bertz CT molecular complexity index is 850. The summed E-state index contributed by atoms with van der Waals surface area (Å²) in [5.74, 6) is 0.834. The van der Waals surface area contributed by atoms with Gasteiger partial charge in [0.1, 0.15) is 17.8 Å². The van der Waals surface area contributed by atoms with E-state index in [4.69, 9.17) is 4.42 Å². The summed E-state index contributed by atoms with van der Waals surface area (Å²) in [7, 11) is 0. The molecule has 0 bridgehead atoms. The number of hydrogen-bond acceptors (Lipinski definition) is 4. The number of hydrogen-bond donors (Lipinski definition) is 0. The molecule has 20 heavy (non-hydrogen) atoms. The Labute approximate surface area is 114 Å². The maximum Gasteiger partial charge on any atom is 0.160 e. The van der Waals surface area contributed by atoms with E-state index in [2.05, 4.69) is 15.5 Å². The molecule has 2 aromatic carbocycles. The van der Waals surface area contributed by atoms with Gasteiger partial charge in [0.2, 0.25) is 0 Å². The topological polar surface area (TPSA) is 56.7 Å². The van der Waals surface area contributed by atoms with Crippen LogP contribution >= 0.6 is 0 Å². The Kier molecular flexibility index (Phi) is 2.35. The fourth-order valence-electron chi connectivity index (χ4n) is 2.24. The molecule has 0 aliphatic rings. The Balaban J connectivity index is 1.94. The van der Waals surface area contributed by atoms with E-state index in [1.165, 1.54) is 0 Å². The fraction of sp³-hybridized carbons (Fsp3) is 0. The number of benzene rings is 2. The van der Waals surface area contributed by atoms with E-state index in [0.717, 1.165) is 28.0 Å². The van der Waals surface area contributed by atoms with Gasteiger partial charge in [-0.15, -0.1) is 5.10 Å². The Hall–Kier alpha value is -2.95. The van der Waals surface area contributed by atoms with Crippen LogP contribution in [-0.2, 0) is 0 Å². The summed E-state index contributed by atoms with van der Waals surface area (Å²) < 4.78 is 7.59. The van der Waals surface area contributed by atoms with Crippen LogP contribution in [0.4, 0.5) is 0 Å². The lowest BCUT2D eigenvalue weighted by atomic mass is 10.1. The van der Waals surface area contributed by atoms with Crippen molar-refractivity contribution in [3.05, 3.63) is 60.9 Å². The fourth-order valence-corrected chi connectivity index (χ4v) is 2.24. The monoisotopic (exact) mass is 262 g/mol. The van der Waals surface area contributed by atoms with Crippen LogP contribution in [0.2, 0.25) is 0 Å². The summed E-state index contributed by atoms with van der Waals surface area (Å²) in [5, 5.41) is 12.3. The molecular formula is C15H10N4O. The molecule has 96 valence electrons. The molecule has 0 amide bonds. The van der Waals surface area contributed by atoms with Gasteiger partial charge in [0.15, 0.2) is 5.58 Å². The van der Waals surface area contributed by atoms with E-state index in [1.54, 1.807) is 11.0 Å². The largest absolute Gasteiger partial charge is 0.454 e. The van der Waals surface area contributed by atoms with E-state index in [0.29, 0.717) is 0 Å². The first-order chi connectivity index (χ1) is 9.92. The minimum atomic E-state index is 0.777. The third-order valence-electron chi connectivity index (χ3n) is 3.18. The minimum Gasteiger partial charge on any atom is -0.454 e. The molecule has 0 atom stereocenters. The molecule has 0 saturated carbocycles. The van der Waals surface area contributed by atoms with Gasteiger partial charge in [0.25, 0.3) is 0 Å². The van der Waals surface area contributed by atoms with Crippen molar-refractivity contribution in [3.8, 4) is 17.0 Å². The molecule has 2 heterocycles. The summed E-state index contributed by atoms with van der Waals surface area (Å²) in [5.41, 5.74) is 2.65. The molecule has 4 aromatic rings. The summed E-state index contributed by atoms with van der Waals surface area (Å²) >= 11 is 0. The second-order valence-corrected chi connectivity index (χ2v) is 4.43. The molecule has 0 aliphatic heterocycles. The van der Waals surface area contributed by atoms with Crippen molar-refractivity contribution < 1.29 is 4.42 Å². The van der Waals surface area contributed by atoms with Crippen molar-refractivity contribution in [2.24, 2.45) is 0 Å². The number of tetrazole rings is 1. The van der Waals surface area contributed by atoms with Crippen molar-refractivity contribution in [1.29, 1.82) is 0 Å². The highest BCUT2D eigenvalue weighted by Gasteiger charge is 2.11. The van der Waals surface area contributed by atoms with Gasteiger partial charge in [0.05, 0.1) is 0 Å². The van der Waals surface area contributed by atoms with E-state index in [-0.39, 0.29) is 0 Å². The maximum atomic E-state index is 5.99. The van der Waals surface area contributed by atoms with Crippen molar-refractivity contribution in [1.82, 2.24) is 20.2 Å². The number of furan rings is 1. The molecule has 4 rings (SSSR count). The molecule has 0 N–H and O–H groups in total.